The summed E-state index contributed by atoms with van der Waals surface area (Å²) in [5, 5.41) is 0. The first-order valence-corrected chi connectivity index (χ1v) is 7.15. The maximum Gasteiger partial charge on any atom is 0.203 e. The summed E-state index contributed by atoms with van der Waals surface area (Å²) in [5.74, 6) is -0.463. The van der Waals surface area contributed by atoms with Gasteiger partial charge in [-0.2, -0.15) is 0 Å². The van der Waals surface area contributed by atoms with Gasteiger partial charge in [-0.25, -0.2) is 4.39 Å². The van der Waals surface area contributed by atoms with E-state index in [1.54, 1.807) is 0 Å². The van der Waals surface area contributed by atoms with Crippen LogP contribution >= 0.6 is 43.2 Å². The van der Waals surface area contributed by atoms with Gasteiger partial charge in [0.2, 0.25) is 5.78 Å². The van der Waals surface area contributed by atoms with Gasteiger partial charge in [-0.15, -0.1) is 11.3 Å². The SMILES string of the molecule is Cc1cc(C(=O)c2ccc(F)c(Br)c2)sc1Br. The van der Waals surface area contributed by atoms with E-state index in [0.29, 0.717) is 14.9 Å². The summed E-state index contributed by atoms with van der Waals surface area (Å²) in [6.45, 7) is 1.93. The van der Waals surface area contributed by atoms with E-state index >= 15 is 0 Å². The Morgan fingerprint density at radius 2 is 2.00 bits per heavy atom. The van der Waals surface area contributed by atoms with Gasteiger partial charge >= 0.3 is 0 Å². The van der Waals surface area contributed by atoms with E-state index in [2.05, 4.69) is 31.9 Å². The molecule has 1 aromatic carbocycles. The van der Waals surface area contributed by atoms with E-state index in [1.807, 2.05) is 13.0 Å². The zero-order valence-electron chi connectivity index (χ0n) is 8.76. The van der Waals surface area contributed by atoms with Crippen molar-refractivity contribution >= 4 is 49.0 Å². The summed E-state index contributed by atoms with van der Waals surface area (Å²) >= 11 is 7.84. The fourth-order valence-electron chi connectivity index (χ4n) is 1.35. The summed E-state index contributed by atoms with van der Waals surface area (Å²) in [5.41, 5.74) is 1.51. The van der Waals surface area contributed by atoms with Crippen LogP contribution < -0.4 is 0 Å². The molecule has 0 unspecified atom stereocenters. The molecule has 0 spiro atoms. The predicted octanol–water partition coefficient (Wildman–Crippen LogP) is 4.95. The molecule has 2 rings (SSSR count). The Hall–Kier alpha value is -0.520. The molecule has 0 aliphatic rings. The number of carbonyl (C=O) groups excluding carboxylic acids is 1. The number of benzene rings is 1. The van der Waals surface area contributed by atoms with E-state index in [0.717, 1.165) is 9.35 Å². The molecular weight excluding hydrogens is 371 g/mol. The van der Waals surface area contributed by atoms with Crippen LogP contribution in [-0.4, -0.2) is 5.78 Å². The highest BCUT2D eigenvalue weighted by atomic mass is 79.9. The Morgan fingerprint density at radius 3 is 2.53 bits per heavy atom. The normalized spacial score (nSPS) is 10.6. The zero-order chi connectivity index (χ0) is 12.6. The lowest BCUT2D eigenvalue weighted by Crippen LogP contribution is -1.98. The molecule has 1 nitrogen and oxygen atoms in total. The molecule has 17 heavy (non-hydrogen) atoms. The highest BCUT2D eigenvalue weighted by Gasteiger charge is 2.14. The number of hydrogen-bond donors (Lipinski definition) is 0. The van der Waals surface area contributed by atoms with E-state index in [1.165, 1.54) is 29.5 Å². The molecule has 0 saturated carbocycles. The van der Waals surface area contributed by atoms with Gasteiger partial charge in [0.1, 0.15) is 5.82 Å². The number of rotatable bonds is 2. The Morgan fingerprint density at radius 1 is 1.29 bits per heavy atom. The quantitative estimate of drug-likeness (QED) is 0.676. The number of aryl methyl sites for hydroxylation is 1. The second-order valence-corrected chi connectivity index (χ2v) is 6.75. The Balaban J connectivity index is 2.40. The van der Waals surface area contributed by atoms with Gasteiger partial charge in [0, 0.05) is 5.56 Å². The molecule has 0 aliphatic heterocycles. The van der Waals surface area contributed by atoms with Crippen LogP contribution in [0.5, 0.6) is 0 Å². The third-order valence-electron chi connectivity index (χ3n) is 2.26. The van der Waals surface area contributed by atoms with Crippen molar-refractivity contribution in [1.82, 2.24) is 0 Å². The fraction of sp³-hybridized carbons (Fsp3) is 0.0833. The van der Waals surface area contributed by atoms with Crippen LogP contribution in [0.1, 0.15) is 20.8 Å². The lowest BCUT2D eigenvalue weighted by Gasteiger charge is -1.99. The highest BCUT2D eigenvalue weighted by Crippen LogP contribution is 2.29. The number of ketones is 1. The first-order valence-electron chi connectivity index (χ1n) is 4.74. The lowest BCUT2D eigenvalue weighted by atomic mass is 10.1. The second kappa shape index (κ2) is 5.00. The van der Waals surface area contributed by atoms with Gasteiger partial charge < -0.3 is 0 Å². The third-order valence-corrected chi connectivity index (χ3v) is 5.01. The molecule has 0 radical (unpaired) electrons. The van der Waals surface area contributed by atoms with Gasteiger partial charge in [0.05, 0.1) is 13.1 Å². The molecule has 2 aromatic rings. The largest absolute Gasteiger partial charge is 0.288 e. The summed E-state index contributed by atoms with van der Waals surface area (Å²) in [6, 6.07) is 6.10. The average molecular weight is 378 g/mol. The van der Waals surface area contributed by atoms with E-state index in [-0.39, 0.29) is 11.6 Å². The number of halogens is 3. The van der Waals surface area contributed by atoms with Gasteiger partial charge in [-0.3, -0.25) is 4.79 Å². The van der Waals surface area contributed by atoms with Crippen LogP contribution in [0, 0.1) is 12.7 Å². The standard InChI is InChI=1S/C12H7Br2FOS/c1-6-4-10(17-12(6)14)11(16)7-2-3-9(15)8(13)5-7/h2-5H,1H3. The minimum Gasteiger partial charge on any atom is -0.288 e. The van der Waals surface area contributed by atoms with Crippen LogP contribution in [0.4, 0.5) is 4.39 Å². The average Bonchev–Trinajstić information content (AvgIpc) is 2.62. The van der Waals surface area contributed by atoms with Crippen molar-refractivity contribution in [3.63, 3.8) is 0 Å². The van der Waals surface area contributed by atoms with E-state index < -0.39 is 0 Å². The molecule has 0 bridgehead atoms. The molecular formula is C12H7Br2FOS. The summed E-state index contributed by atoms with van der Waals surface area (Å²) in [4.78, 5) is 12.8. The summed E-state index contributed by atoms with van der Waals surface area (Å²) in [7, 11) is 0. The molecule has 0 amide bonds. The van der Waals surface area contributed by atoms with Crippen LogP contribution in [0.2, 0.25) is 0 Å². The second-order valence-electron chi connectivity index (χ2n) is 3.53. The molecule has 0 N–H and O–H groups in total. The number of hydrogen-bond acceptors (Lipinski definition) is 2. The first-order chi connectivity index (χ1) is 7.99. The van der Waals surface area contributed by atoms with Gasteiger partial charge in [0.15, 0.2) is 0 Å². The molecule has 0 aliphatic carbocycles. The molecule has 88 valence electrons. The van der Waals surface area contributed by atoms with Crippen molar-refractivity contribution in [1.29, 1.82) is 0 Å². The lowest BCUT2D eigenvalue weighted by molar-refractivity contribution is 0.104. The maximum atomic E-state index is 13.1. The maximum absolute atomic E-state index is 13.1. The van der Waals surface area contributed by atoms with Gasteiger partial charge in [-0.1, -0.05) is 0 Å². The molecule has 5 heteroatoms. The van der Waals surface area contributed by atoms with Crippen molar-refractivity contribution in [2.75, 3.05) is 0 Å². The van der Waals surface area contributed by atoms with Crippen LogP contribution in [0.3, 0.4) is 0 Å². The van der Waals surface area contributed by atoms with E-state index in [4.69, 9.17) is 0 Å². The fourth-order valence-corrected chi connectivity index (χ4v) is 3.23. The predicted molar refractivity (Wildman–Crippen MR) is 74.3 cm³/mol. The Bertz CT molecular complexity index is 573. The molecule has 0 atom stereocenters. The van der Waals surface area contributed by atoms with Crippen molar-refractivity contribution in [2.24, 2.45) is 0 Å². The molecule has 1 aromatic heterocycles. The molecule has 0 fully saturated rings. The highest BCUT2D eigenvalue weighted by molar-refractivity contribution is 9.11. The van der Waals surface area contributed by atoms with Crippen molar-refractivity contribution in [2.45, 2.75) is 6.92 Å². The number of thiophene rings is 1. The van der Waals surface area contributed by atoms with Crippen LogP contribution in [0.15, 0.2) is 32.5 Å². The summed E-state index contributed by atoms with van der Waals surface area (Å²) in [6.07, 6.45) is 0. The van der Waals surface area contributed by atoms with Crippen LogP contribution in [0.25, 0.3) is 0 Å². The summed E-state index contributed by atoms with van der Waals surface area (Å²) < 4.78 is 14.3. The van der Waals surface area contributed by atoms with Crippen molar-refractivity contribution in [3.05, 3.63) is 54.3 Å². The number of carbonyl (C=O) groups is 1. The minimum absolute atomic E-state index is 0.0931. The van der Waals surface area contributed by atoms with Gasteiger partial charge in [-0.05, 0) is 68.6 Å². The monoisotopic (exact) mass is 376 g/mol. The Labute approximate surface area is 119 Å². The smallest absolute Gasteiger partial charge is 0.203 e. The van der Waals surface area contributed by atoms with Crippen LogP contribution in [-0.2, 0) is 0 Å². The van der Waals surface area contributed by atoms with Crippen molar-refractivity contribution in [3.8, 4) is 0 Å². The zero-order valence-corrected chi connectivity index (χ0v) is 12.7. The van der Waals surface area contributed by atoms with Crippen molar-refractivity contribution < 1.29 is 9.18 Å². The topological polar surface area (TPSA) is 17.1 Å². The minimum atomic E-state index is -0.370. The molecule has 1 heterocycles. The van der Waals surface area contributed by atoms with Gasteiger partial charge in [0.25, 0.3) is 0 Å². The third kappa shape index (κ3) is 2.67. The molecule has 0 saturated heterocycles. The Kier molecular flexibility index (Phi) is 3.80. The first kappa shape index (κ1) is 12.9. The van der Waals surface area contributed by atoms with E-state index in [9.17, 15) is 9.18 Å².